The molecule has 15 heavy (non-hydrogen) atoms. The highest BCUT2D eigenvalue weighted by atomic mass is 16.5. The highest BCUT2D eigenvalue weighted by molar-refractivity contribution is 4.63. The molecule has 0 radical (unpaired) electrons. The largest absolute Gasteiger partial charge is 0.379 e. The smallest absolute Gasteiger partial charge is 0.0809 e. The highest BCUT2D eigenvalue weighted by Gasteiger charge is 2.14. The van der Waals surface area contributed by atoms with Crippen LogP contribution in [0.15, 0.2) is 0 Å². The zero-order valence-electron chi connectivity index (χ0n) is 10.8. The van der Waals surface area contributed by atoms with Gasteiger partial charge in [0.25, 0.3) is 0 Å². The number of nitrogens with zero attached hydrogens (tertiary/aromatic N) is 1. The fourth-order valence-corrected chi connectivity index (χ4v) is 1.47. The Labute approximate surface area is 94.7 Å². The Morgan fingerprint density at radius 2 is 2.07 bits per heavy atom. The van der Waals surface area contributed by atoms with Gasteiger partial charge in [0.15, 0.2) is 0 Å². The van der Waals surface area contributed by atoms with Crippen molar-refractivity contribution in [3.63, 3.8) is 0 Å². The fourth-order valence-electron chi connectivity index (χ4n) is 1.47. The molecule has 1 atom stereocenters. The second-order valence-corrected chi connectivity index (χ2v) is 3.87. The third-order valence-corrected chi connectivity index (χ3v) is 2.22. The minimum Gasteiger partial charge on any atom is -0.379 e. The van der Waals surface area contributed by atoms with Crippen molar-refractivity contribution in [3.05, 3.63) is 0 Å². The number of ether oxygens (including phenoxy) is 2. The molecule has 1 heterocycles. The molecule has 0 spiro atoms. The van der Waals surface area contributed by atoms with Crippen molar-refractivity contribution < 1.29 is 9.47 Å². The van der Waals surface area contributed by atoms with Gasteiger partial charge in [-0.2, -0.15) is 0 Å². The van der Waals surface area contributed by atoms with Gasteiger partial charge < -0.3 is 14.4 Å². The third-order valence-electron chi connectivity index (χ3n) is 2.22. The van der Waals surface area contributed by atoms with Crippen LogP contribution in [0.3, 0.4) is 0 Å². The van der Waals surface area contributed by atoms with Crippen molar-refractivity contribution in [2.45, 2.75) is 39.2 Å². The van der Waals surface area contributed by atoms with E-state index in [0.717, 1.165) is 32.8 Å². The Hall–Kier alpha value is -0.120. The SMILES string of the molecule is CC.CN(C)CCCOCC1CCCO1. The predicted molar refractivity (Wildman–Crippen MR) is 64.3 cm³/mol. The molecule has 0 amide bonds. The average molecular weight is 217 g/mol. The Bertz CT molecular complexity index is 123. The van der Waals surface area contributed by atoms with E-state index in [1.807, 2.05) is 13.8 Å². The molecule has 0 aliphatic carbocycles. The maximum atomic E-state index is 5.52. The summed E-state index contributed by atoms with van der Waals surface area (Å²) in [7, 11) is 4.17. The van der Waals surface area contributed by atoms with E-state index in [-0.39, 0.29) is 0 Å². The minimum absolute atomic E-state index is 0.374. The Balaban J connectivity index is 0.000000921. The number of hydrogen-bond acceptors (Lipinski definition) is 3. The Kier molecular flexibility index (Phi) is 10.3. The zero-order chi connectivity index (χ0) is 11.5. The maximum absolute atomic E-state index is 5.52. The van der Waals surface area contributed by atoms with E-state index in [9.17, 15) is 0 Å². The van der Waals surface area contributed by atoms with Crippen molar-refractivity contribution >= 4 is 0 Å². The van der Waals surface area contributed by atoms with Crippen LogP contribution in [0.1, 0.15) is 33.1 Å². The second kappa shape index (κ2) is 10.4. The lowest BCUT2D eigenvalue weighted by molar-refractivity contribution is 0.0154. The summed E-state index contributed by atoms with van der Waals surface area (Å²) in [6.07, 6.45) is 3.86. The van der Waals surface area contributed by atoms with Crippen LogP contribution in [-0.2, 0) is 9.47 Å². The van der Waals surface area contributed by atoms with E-state index in [0.29, 0.717) is 6.10 Å². The van der Waals surface area contributed by atoms with Gasteiger partial charge in [-0.3, -0.25) is 0 Å². The van der Waals surface area contributed by atoms with Crippen LogP contribution in [0.2, 0.25) is 0 Å². The molecular weight excluding hydrogens is 190 g/mol. The lowest BCUT2D eigenvalue weighted by Crippen LogP contribution is -2.18. The quantitative estimate of drug-likeness (QED) is 0.636. The highest BCUT2D eigenvalue weighted by Crippen LogP contribution is 2.11. The van der Waals surface area contributed by atoms with Gasteiger partial charge in [0.2, 0.25) is 0 Å². The number of hydrogen-bond donors (Lipinski definition) is 0. The molecule has 0 aromatic heterocycles. The van der Waals surface area contributed by atoms with Crippen molar-refractivity contribution in [1.29, 1.82) is 0 Å². The second-order valence-electron chi connectivity index (χ2n) is 3.87. The number of rotatable bonds is 6. The standard InChI is InChI=1S/C10H21NO2.C2H6/c1-11(2)6-4-7-12-9-10-5-3-8-13-10;1-2/h10H,3-9H2,1-2H3;1-2H3. The molecular formula is C12H27NO2. The molecule has 0 bridgehead atoms. The first-order valence-electron chi connectivity index (χ1n) is 6.13. The summed E-state index contributed by atoms with van der Waals surface area (Å²) in [5.74, 6) is 0. The van der Waals surface area contributed by atoms with Crippen molar-refractivity contribution in [2.24, 2.45) is 0 Å². The van der Waals surface area contributed by atoms with Crippen LogP contribution in [0.25, 0.3) is 0 Å². The lowest BCUT2D eigenvalue weighted by atomic mass is 10.2. The van der Waals surface area contributed by atoms with E-state index in [2.05, 4.69) is 19.0 Å². The van der Waals surface area contributed by atoms with Crippen LogP contribution in [0.5, 0.6) is 0 Å². The monoisotopic (exact) mass is 217 g/mol. The Morgan fingerprint density at radius 3 is 2.60 bits per heavy atom. The van der Waals surface area contributed by atoms with Gasteiger partial charge in [-0.05, 0) is 39.9 Å². The Morgan fingerprint density at radius 1 is 1.33 bits per heavy atom. The molecule has 3 heteroatoms. The molecule has 92 valence electrons. The van der Waals surface area contributed by atoms with Gasteiger partial charge in [0, 0.05) is 13.2 Å². The topological polar surface area (TPSA) is 21.7 Å². The van der Waals surface area contributed by atoms with Crippen LogP contribution in [0.4, 0.5) is 0 Å². The van der Waals surface area contributed by atoms with Gasteiger partial charge in [-0.25, -0.2) is 0 Å². The summed E-state index contributed by atoms with van der Waals surface area (Å²) in [4.78, 5) is 2.18. The van der Waals surface area contributed by atoms with Crippen LogP contribution < -0.4 is 0 Å². The molecule has 0 aromatic rings. The van der Waals surface area contributed by atoms with Gasteiger partial charge in [-0.1, -0.05) is 13.8 Å². The van der Waals surface area contributed by atoms with Gasteiger partial charge in [-0.15, -0.1) is 0 Å². The van der Waals surface area contributed by atoms with Gasteiger partial charge in [0.05, 0.1) is 12.7 Å². The molecule has 1 aliphatic heterocycles. The van der Waals surface area contributed by atoms with Crippen molar-refractivity contribution in [3.8, 4) is 0 Å². The minimum atomic E-state index is 0.374. The van der Waals surface area contributed by atoms with E-state index < -0.39 is 0 Å². The van der Waals surface area contributed by atoms with Gasteiger partial charge in [0.1, 0.15) is 0 Å². The lowest BCUT2D eigenvalue weighted by Gasteiger charge is -2.11. The molecule has 1 fully saturated rings. The van der Waals surface area contributed by atoms with E-state index in [1.165, 1.54) is 12.8 Å². The van der Waals surface area contributed by atoms with Crippen LogP contribution >= 0.6 is 0 Å². The average Bonchev–Trinajstić information content (AvgIpc) is 2.73. The first kappa shape index (κ1) is 14.9. The summed E-state index contributed by atoms with van der Waals surface area (Å²) in [6.45, 7) is 7.67. The van der Waals surface area contributed by atoms with E-state index >= 15 is 0 Å². The summed E-state index contributed by atoms with van der Waals surface area (Å²) in [5.41, 5.74) is 0. The summed E-state index contributed by atoms with van der Waals surface area (Å²) in [6, 6.07) is 0. The maximum Gasteiger partial charge on any atom is 0.0809 e. The van der Waals surface area contributed by atoms with Gasteiger partial charge >= 0.3 is 0 Å². The third kappa shape index (κ3) is 8.85. The molecule has 0 aromatic carbocycles. The first-order valence-corrected chi connectivity index (χ1v) is 6.13. The summed E-state index contributed by atoms with van der Waals surface area (Å²) < 4.78 is 11.0. The summed E-state index contributed by atoms with van der Waals surface area (Å²) in [5, 5.41) is 0. The molecule has 1 saturated heterocycles. The predicted octanol–water partition coefficient (Wildman–Crippen LogP) is 2.16. The van der Waals surface area contributed by atoms with E-state index in [1.54, 1.807) is 0 Å². The normalized spacial score (nSPS) is 20.2. The van der Waals surface area contributed by atoms with Crippen LogP contribution in [-0.4, -0.2) is 51.5 Å². The zero-order valence-corrected chi connectivity index (χ0v) is 10.8. The molecule has 1 aliphatic rings. The fraction of sp³-hybridized carbons (Fsp3) is 1.00. The van der Waals surface area contributed by atoms with Crippen molar-refractivity contribution in [2.75, 3.05) is 40.5 Å². The first-order chi connectivity index (χ1) is 7.29. The molecule has 0 saturated carbocycles. The van der Waals surface area contributed by atoms with E-state index in [4.69, 9.17) is 9.47 Å². The van der Waals surface area contributed by atoms with Crippen molar-refractivity contribution in [1.82, 2.24) is 4.90 Å². The molecule has 0 N–H and O–H groups in total. The molecule has 1 unspecified atom stereocenters. The summed E-state index contributed by atoms with van der Waals surface area (Å²) >= 11 is 0. The molecule has 3 nitrogen and oxygen atoms in total. The molecule has 1 rings (SSSR count). The van der Waals surface area contributed by atoms with Crippen LogP contribution in [0, 0.1) is 0 Å².